The molecule has 0 aliphatic carbocycles. The molecule has 2 heterocycles. The molecule has 0 aromatic rings. The Morgan fingerprint density at radius 1 is 0.695 bits per heavy atom. The second-order valence-corrected chi connectivity index (χ2v) is 17.9. The van der Waals surface area contributed by atoms with Gasteiger partial charge in [0.25, 0.3) is 5.79 Å². The molecule has 350 valence electrons. The van der Waals surface area contributed by atoms with Crippen molar-refractivity contribution in [3.05, 3.63) is 0 Å². The smallest absolute Gasteiger partial charge is 0.364 e. The first-order valence-electron chi connectivity index (χ1n) is 23.9. The molecule has 11 atom stereocenters. The van der Waals surface area contributed by atoms with Gasteiger partial charge in [-0.1, -0.05) is 175 Å². The van der Waals surface area contributed by atoms with Gasteiger partial charge < -0.3 is 59.8 Å². The summed E-state index contributed by atoms with van der Waals surface area (Å²) in [7, 11) is 0. The normalized spacial score (nSPS) is 28.6. The molecule has 0 aromatic carbocycles. The predicted octanol–water partition coefficient (Wildman–Crippen LogP) is 6.91. The Morgan fingerprint density at radius 2 is 1.14 bits per heavy atom. The van der Waals surface area contributed by atoms with Crippen molar-refractivity contribution in [1.29, 1.82) is 0 Å². The van der Waals surface area contributed by atoms with Crippen molar-refractivity contribution < 1.29 is 64.6 Å². The molecule has 2 aliphatic heterocycles. The van der Waals surface area contributed by atoms with E-state index in [0.29, 0.717) is 0 Å². The lowest BCUT2D eigenvalue weighted by atomic mass is 9.84. The number of hydrogen-bond acceptors (Lipinski definition) is 12. The van der Waals surface area contributed by atoms with Crippen LogP contribution in [-0.4, -0.2) is 128 Å². The topological polar surface area (TPSA) is 216 Å². The van der Waals surface area contributed by atoms with Crippen LogP contribution < -0.4 is 0 Å². The van der Waals surface area contributed by atoms with Crippen molar-refractivity contribution in [2.24, 2.45) is 11.8 Å². The molecule has 2 rings (SSSR count). The second-order valence-electron chi connectivity index (χ2n) is 17.9. The Hall–Kier alpha value is -0.970. The molecule has 0 saturated carbocycles. The Balaban J connectivity index is 2.01. The molecule has 0 amide bonds. The van der Waals surface area contributed by atoms with Crippen LogP contribution in [0.5, 0.6) is 0 Å². The molecule has 13 heteroatoms. The number of hydrogen-bond donors (Lipinski definition) is 8. The highest BCUT2D eigenvalue weighted by atomic mass is 16.8. The van der Waals surface area contributed by atoms with Gasteiger partial charge in [0.1, 0.15) is 36.6 Å². The number of rotatable bonds is 36. The van der Waals surface area contributed by atoms with E-state index in [1.165, 1.54) is 135 Å². The van der Waals surface area contributed by atoms with Crippen molar-refractivity contribution in [2.45, 2.75) is 255 Å². The third-order valence-electron chi connectivity index (χ3n) is 12.7. The molecular weight excluding hydrogens is 760 g/mol. The number of unbranched alkanes of at least 4 members (excludes halogenated alkanes) is 22. The standard InChI is InChI=1S/C46H88O13/c1-4-6-8-10-12-14-16-18-20-22-24-26-28-35(29-27-25-23-21-19-17-15-13-11-9-7-5-2)33-56-44-41(53)43(40(52)38(32-48)57-44)59-46(45(54)55)30-36(49)34(3)42(58-46)39(51)37(50)31-47/h34-44,47-53H,4-33H2,1-3H3,(H,54,55)/t34-,36?,37-,38?,39-,40+,41?,42-,43+,44-,46+/m1/s1. The summed E-state index contributed by atoms with van der Waals surface area (Å²) in [4.78, 5) is 12.8. The van der Waals surface area contributed by atoms with Crippen LogP contribution >= 0.6 is 0 Å². The van der Waals surface area contributed by atoms with Crippen LogP contribution in [0.4, 0.5) is 0 Å². The van der Waals surface area contributed by atoms with E-state index in [1.807, 2.05) is 0 Å². The number of aliphatic hydroxyl groups excluding tert-OH is 7. The van der Waals surface area contributed by atoms with Gasteiger partial charge in [-0.25, -0.2) is 4.79 Å². The fraction of sp³-hybridized carbons (Fsp3) is 0.978. The van der Waals surface area contributed by atoms with E-state index in [0.717, 1.165) is 38.5 Å². The molecule has 0 aromatic heterocycles. The summed E-state index contributed by atoms with van der Waals surface area (Å²) in [5, 5.41) is 84.2. The molecule has 2 aliphatic rings. The molecule has 0 spiro atoms. The monoisotopic (exact) mass is 849 g/mol. The Kier molecular flexibility index (Phi) is 29.2. The lowest BCUT2D eigenvalue weighted by Gasteiger charge is -2.49. The lowest BCUT2D eigenvalue weighted by Crippen LogP contribution is -2.67. The lowest BCUT2D eigenvalue weighted by molar-refractivity contribution is -0.373. The van der Waals surface area contributed by atoms with Crippen LogP contribution in [0.1, 0.15) is 194 Å². The number of aliphatic hydroxyl groups is 7. The summed E-state index contributed by atoms with van der Waals surface area (Å²) in [6, 6.07) is 0. The molecule has 3 unspecified atom stereocenters. The van der Waals surface area contributed by atoms with Gasteiger partial charge in [-0.05, 0) is 18.8 Å². The SMILES string of the molecule is CCCCCCCCCCCCCCC(CCCCCCCCCCCCCC)CO[C@@H]1OC(CO)[C@H](O)[C@H](O[C@]2(C(=O)O)CC(O)[C@@H](C)[C@H]([C@H](O)[C@H](O)CO)O2)C1O. The van der Waals surface area contributed by atoms with Gasteiger partial charge >= 0.3 is 5.97 Å². The minimum Gasteiger partial charge on any atom is -0.477 e. The molecule has 59 heavy (non-hydrogen) atoms. The first kappa shape index (κ1) is 54.2. The van der Waals surface area contributed by atoms with E-state index < -0.39 is 92.4 Å². The number of carboxylic acids is 1. The van der Waals surface area contributed by atoms with E-state index in [4.69, 9.17) is 18.9 Å². The molecular formula is C46H88O13. The van der Waals surface area contributed by atoms with E-state index in [-0.39, 0.29) is 12.5 Å². The highest BCUT2D eigenvalue weighted by Crippen LogP contribution is 2.39. The second kappa shape index (κ2) is 31.8. The minimum absolute atomic E-state index is 0.180. The van der Waals surface area contributed by atoms with Crippen molar-refractivity contribution in [3.63, 3.8) is 0 Å². The molecule has 13 nitrogen and oxygen atoms in total. The molecule has 0 bridgehead atoms. The van der Waals surface area contributed by atoms with Crippen LogP contribution in [0.25, 0.3) is 0 Å². The fourth-order valence-corrected chi connectivity index (χ4v) is 8.67. The zero-order chi connectivity index (χ0) is 43.5. The summed E-state index contributed by atoms with van der Waals surface area (Å²) >= 11 is 0. The van der Waals surface area contributed by atoms with Crippen molar-refractivity contribution in [3.8, 4) is 0 Å². The number of ether oxygens (including phenoxy) is 4. The first-order valence-corrected chi connectivity index (χ1v) is 23.9. The Bertz CT molecular complexity index is 1010. The van der Waals surface area contributed by atoms with Gasteiger partial charge in [0.05, 0.1) is 32.0 Å². The van der Waals surface area contributed by atoms with Crippen molar-refractivity contribution in [1.82, 2.24) is 0 Å². The average Bonchev–Trinajstić information content (AvgIpc) is 3.22. The summed E-state index contributed by atoms with van der Waals surface area (Å²) in [5.74, 6) is -5.07. The minimum atomic E-state index is -2.67. The van der Waals surface area contributed by atoms with Crippen LogP contribution in [-0.2, 0) is 23.7 Å². The Morgan fingerprint density at radius 3 is 1.54 bits per heavy atom. The quantitative estimate of drug-likeness (QED) is 0.0302. The maximum absolute atomic E-state index is 12.8. The third kappa shape index (κ3) is 20.0. The van der Waals surface area contributed by atoms with Crippen LogP contribution in [0.15, 0.2) is 0 Å². The van der Waals surface area contributed by atoms with E-state index in [9.17, 15) is 45.6 Å². The number of aliphatic carboxylic acids is 1. The van der Waals surface area contributed by atoms with E-state index >= 15 is 0 Å². The molecule has 0 radical (unpaired) electrons. The van der Waals surface area contributed by atoms with Crippen molar-refractivity contribution in [2.75, 3.05) is 19.8 Å². The van der Waals surface area contributed by atoms with E-state index in [1.54, 1.807) is 0 Å². The fourth-order valence-electron chi connectivity index (χ4n) is 8.67. The molecule has 2 saturated heterocycles. The predicted molar refractivity (Wildman–Crippen MR) is 228 cm³/mol. The van der Waals surface area contributed by atoms with Crippen LogP contribution in [0.2, 0.25) is 0 Å². The first-order chi connectivity index (χ1) is 28.5. The van der Waals surface area contributed by atoms with Crippen LogP contribution in [0, 0.1) is 11.8 Å². The Labute approximate surface area is 356 Å². The highest BCUT2D eigenvalue weighted by molar-refractivity contribution is 5.76. The molecule has 8 N–H and O–H groups in total. The summed E-state index contributed by atoms with van der Waals surface area (Å²) in [5.41, 5.74) is 0. The van der Waals surface area contributed by atoms with Gasteiger partial charge in [-0.3, -0.25) is 0 Å². The highest BCUT2D eigenvalue weighted by Gasteiger charge is 2.58. The van der Waals surface area contributed by atoms with E-state index in [2.05, 4.69) is 13.8 Å². The zero-order valence-corrected chi connectivity index (χ0v) is 37.2. The van der Waals surface area contributed by atoms with Gasteiger partial charge in [0.2, 0.25) is 0 Å². The van der Waals surface area contributed by atoms with Gasteiger partial charge in [0, 0.05) is 12.3 Å². The van der Waals surface area contributed by atoms with Gasteiger partial charge in [-0.15, -0.1) is 0 Å². The third-order valence-corrected chi connectivity index (χ3v) is 12.7. The number of carbonyl (C=O) groups is 1. The summed E-state index contributed by atoms with van der Waals surface area (Å²) in [6.07, 6.45) is 17.4. The van der Waals surface area contributed by atoms with Crippen LogP contribution in [0.3, 0.4) is 0 Å². The number of carboxylic acid groups (broad SMARTS) is 1. The maximum Gasteiger partial charge on any atom is 0.364 e. The zero-order valence-electron chi connectivity index (χ0n) is 37.2. The molecule has 2 fully saturated rings. The summed E-state index contributed by atoms with van der Waals surface area (Å²) < 4.78 is 23.6. The summed E-state index contributed by atoms with van der Waals surface area (Å²) in [6.45, 7) is 4.70. The van der Waals surface area contributed by atoms with Gasteiger partial charge in [-0.2, -0.15) is 0 Å². The largest absolute Gasteiger partial charge is 0.477 e. The van der Waals surface area contributed by atoms with Crippen molar-refractivity contribution >= 4 is 5.97 Å². The van der Waals surface area contributed by atoms with Gasteiger partial charge in [0.15, 0.2) is 6.29 Å². The maximum atomic E-state index is 12.8. The average molecular weight is 849 g/mol.